The van der Waals surface area contributed by atoms with Crippen LogP contribution in [0.4, 0.5) is 0 Å². The molecule has 1 atom stereocenters. The average molecular weight is 382 g/mol. The summed E-state index contributed by atoms with van der Waals surface area (Å²) in [5.41, 5.74) is 4.05. The van der Waals surface area contributed by atoms with Gasteiger partial charge in [-0.2, -0.15) is 0 Å². The van der Waals surface area contributed by atoms with Crippen molar-refractivity contribution in [3.63, 3.8) is 0 Å². The van der Waals surface area contributed by atoms with Crippen LogP contribution in [0, 0.1) is 18.3 Å². The molecule has 1 aromatic heterocycles. The van der Waals surface area contributed by atoms with E-state index in [1.165, 1.54) is 48.9 Å². The zero-order valence-corrected chi connectivity index (χ0v) is 17.7. The lowest BCUT2D eigenvalue weighted by molar-refractivity contribution is -0.0480. The van der Waals surface area contributed by atoms with Crippen LogP contribution in [0.2, 0.25) is 0 Å². The van der Waals surface area contributed by atoms with Gasteiger partial charge in [-0.1, -0.05) is 18.2 Å². The van der Waals surface area contributed by atoms with E-state index in [2.05, 4.69) is 53.8 Å². The highest BCUT2D eigenvalue weighted by molar-refractivity contribution is 5.84. The number of piperidine rings is 2. The smallest absolute Gasteiger partial charge is 0.0734 e. The lowest BCUT2D eigenvalue weighted by Gasteiger charge is -2.52. The van der Waals surface area contributed by atoms with Crippen LogP contribution >= 0.6 is 0 Å². The van der Waals surface area contributed by atoms with Gasteiger partial charge in [-0.05, 0) is 82.3 Å². The number of pyridine rings is 1. The first-order valence-electron chi connectivity index (χ1n) is 10.9. The van der Waals surface area contributed by atoms with Crippen molar-refractivity contribution in [3.05, 3.63) is 41.6 Å². The van der Waals surface area contributed by atoms with Crippen molar-refractivity contribution in [1.29, 1.82) is 0 Å². The molecule has 0 saturated carbocycles. The molecule has 0 radical (unpaired) electrons. The number of hydrogen-bond donors (Lipinski definition) is 1. The fraction of sp³-hybridized carbons (Fsp3) is 0.625. The van der Waals surface area contributed by atoms with E-state index in [4.69, 9.17) is 0 Å². The van der Waals surface area contributed by atoms with Gasteiger partial charge in [0.05, 0.1) is 5.52 Å². The summed E-state index contributed by atoms with van der Waals surface area (Å²) >= 11 is 0. The van der Waals surface area contributed by atoms with Crippen LogP contribution in [0.1, 0.15) is 44.2 Å². The first-order valence-corrected chi connectivity index (χ1v) is 10.9. The molecular weight excluding hydrogens is 346 g/mol. The Morgan fingerprint density at radius 2 is 1.89 bits per heavy atom. The topological polar surface area (TPSA) is 39.6 Å². The van der Waals surface area contributed by atoms with E-state index in [-0.39, 0.29) is 0 Å². The molecule has 0 unspecified atom stereocenters. The Balaban J connectivity index is 1.48. The van der Waals surface area contributed by atoms with E-state index in [1.54, 1.807) is 0 Å². The predicted octanol–water partition coefficient (Wildman–Crippen LogP) is 3.85. The molecule has 28 heavy (non-hydrogen) atoms. The van der Waals surface area contributed by atoms with Gasteiger partial charge in [-0.15, -0.1) is 0 Å². The van der Waals surface area contributed by atoms with E-state index in [1.807, 2.05) is 12.3 Å². The summed E-state index contributed by atoms with van der Waals surface area (Å²) in [5.74, 6) is 0.394. The Kier molecular flexibility index (Phi) is 5.73. The molecule has 2 aliphatic rings. The van der Waals surface area contributed by atoms with Crippen LogP contribution in [0.5, 0.6) is 0 Å². The number of nitrogens with zero attached hydrogens (tertiary/aromatic N) is 3. The number of aromatic nitrogens is 1. The zero-order chi connectivity index (χ0) is 19.7. The number of aliphatic hydroxyl groups is 1. The monoisotopic (exact) mass is 381 g/mol. The fourth-order valence-electron chi connectivity index (χ4n) is 5.47. The van der Waals surface area contributed by atoms with Gasteiger partial charge in [0, 0.05) is 43.2 Å². The molecule has 152 valence electrons. The van der Waals surface area contributed by atoms with Gasteiger partial charge in [0.1, 0.15) is 0 Å². The first kappa shape index (κ1) is 19.8. The molecule has 4 nitrogen and oxygen atoms in total. The second kappa shape index (κ2) is 8.10. The molecule has 2 aromatic rings. The molecule has 4 heteroatoms. The van der Waals surface area contributed by atoms with Crippen LogP contribution in [-0.2, 0) is 6.54 Å². The Hall–Kier alpha value is -1.49. The molecule has 2 saturated heterocycles. The van der Waals surface area contributed by atoms with E-state index < -0.39 is 0 Å². The summed E-state index contributed by atoms with van der Waals surface area (Å²) in [7, 11) is 0. The van der Waals surface area contributed by atoms with Crippen LogP contribution in [0.3, 0.4) is 0 Å². The maximum atomic E-state index is 10.2. The average Bonchev–Trinajstić information content (AvgIpc) is 2.72. The molecule has 0 bridgehead atoms. The van der Waals surface area contributed by atoms with Crippen LogP contribution < -0.4 is 0 Å². The third-order valence-electron chi connectivity index (χ3n) is 7.47. The third kappa shape index (κ3) is 3.70. The van der Waals surface area contributed by atoms with Crippen molar-refractivity contribution in [3.8, 4) is 0 Å². The van der Waals surface area contributed by atoms with Crippen molar-refractivity contribution in [2.24, 2.45) is 11.3 Å². The number of likely N-dealkylation sites (tertiary alicyclic amines) is 2. The van der Waals surface area contributed by atoms with E-state index in [9.17, 15) is 5.11 Å². The number of aryl methyl sites for hydroxylation is 1. The van der Waals surface area contributed by atoms with Gasteiger partial charge in [-0.3, -0.25) is 9.88 Å². The Bertz CT molecular complexity index is 811. The maximum absolute atomic E-state index is 10.2. The summed E-state index contributed by atoms with van der Waals surface area (Å²) in [4.78, 5) is 9.74. The summed E-state index contributed by atoms with van der Waals surface area (Å²) < 4.78 is 0. The number of hydrogen-bond acceptors (Lipinski definition) is 4. The number of benzene rings is 1. The van der Waals surface area contributed by atoms with Gasteiger partial charge in [0.15, 0.2) is 0 Å². The summed E-state index contributed by atoms with van der Waals surface area (Å²) in [5, 5.41) is 11.5. The van der Waals surface area contributed by atoms with Crippen LogP contribution in [-0.4, -0.2) is 58.7 Å². The maximum Gasteiger partial charge on any atom is 0.0734 e. The molecule has 0 amide bonds. The molecule has 3 heterocycles. The van der Waals surface area contributed by atoms with Gasteiger partial charge < -0.3 is 10.0 Å². The highest BCUT2D eigenvalue weighted by atomic mass is 16.3. The SMILES string of the molecule is Cc1ccc(CN2CCC3(CCN(C(C)C)CC3)[C@H](CO)C2)c2cccnc12. The minimum absolute atomic E-state index is 0.314. The van der Waals surface area contributed by atoms with Crippen molar-refractivity contribution in [2.75, 3.05) is 32.8 Å². The van der Waals surface area contributed by atoms with Crippen LogP contribution in [0.25, 0.3) is 10.9 Å². The molecular formula is C24H35N3O. The Morgan fingerprint density at radius 3 is 2.61 bits per heavy atom. The zero-order valence-electron chi connectivity index (χ0n) is 17.7. The molecule has 1 aromatic carbocycles. The summed E-state index contributed by atoms with van der Waals surface area (Å²) in [6.07, 6.45) is 5.57. The van der Waals surface area contributed by atoms with Crippen molar-refractivity contribution >= 4 is 10.9 Å². The van der Waals surface area contributed by atoms with E-state index in [0.717, 1.165) is 25.2 Å². The van der Waals surface area contributed by atoms with Gasteiger partial charge in [0.2, 0.25) is 0 Å². The first-order chi connectivity index (χ1) is 13.5. The Labute approximate surface area is 169 Å². The predicted molar refractivity (Wildman–Crippen MR) is 115 cm³/mol. The molecule has 0 aliphatic carbocycles. The van der Waals surface area contributed by atoms with Crippen molar-refractivity contribution in [1.82, 2.24) is 14.8 Å². The molecule has 4 rings (SSSR count). The second-order valence-electron chi connectivity index (χ2n) is 9.30. The molecule has 2 fully saturated rings. The van der Waals surface area contributed by atoms with Crippen LogP contribution in [0.15, 0.2) is 30.5 Å². The van der Waals surface area contributed by atoms with E-state index >= 15 is 0 Å². The minimum atomic E-state index is 0.314. The minimum Gasteiger partial charge on any atom is -0.396 e. The number of rotatable bonds is 4. The molecule has 1 N–H and O–H groups in total. The summed E-state index contributed by atoms with van der Waals surface area (Å²) in [6, 6.07) is 9.32. The Morgan fingerprint density at radius 1 is 1.14 bits per heavy atom. The quantitative estimate of drug-likeness (QED) is 0.873. The fourth-order valence-corrected chi connectivity index (χ4v) is 5.47. The highest BCUT2D eigenvalue weighted by Gasteiger charge is 2.44. The van der Waals surface area contributed by atoms with Gasteiger partial charge >= 0.3 is 0 Å². The lowest BCUT2D eigenvalue weighted by Crippen LogP contribution is -2.54. The number of aliphatic hydroxyl groups excluding tert-OH is 1. The number of fused-ring (bicyclic) bond motifs is 1. The highest BCUT2D eigenvalue weighted by Crippen LogP contribution is 2.45. The molecule has 2 aliphatic heterocycles. The molecule has 1 spiro atoms. The van der Waals surface area contributed by atoms with Crippen molar-refractivity contribution in [2.45, 2.75) is 52.6 Å². The van der Waals surface area contributed by atoms with Crippen molar-refractivity contribution < 1.29 is 5.11 Å². The third-order valence-corrected chi connectivity index (χ3v) is 7.47. The summed E-state index contributed by atoms with van der Waals surface area (Å²) in [6.45, 7) is 12.5. The van der Waals surface area contributed by atoms with Gasteiger partial charge in [0.25, 0.3) is 0 Å². The second-order valence-corrected chi connectivity index (χ2v) is 9.30. The van der Waals surface area contributed by atoms with E-state index in [0.29, 0.717) is 24.0 Å². The van der Waals surface area contributed by atoms with Gasteiger partial charge in [-0.25, -0.2) is 0 Å². The largest absolute Gasteiger partial charge is 0.396 e. The standard InChI is InChI=1S/C24H35N3O/c1-18(2)27-13-9-24(10-14-27)8-12-26(16-21(24)17-28)15-20-7-6-19(3)23-22(20)5-4-11-25-23/h4-7,11,18,21,28H,8-10,12-17H2,1-3H3/t21-/m0/s1. The normalized spacial score (nSPS) is 23.7. The lowest BCUT2D eigenvalue weighted by atomic mass is 9.64.